The summed E-state index contributed by atoms with van der Waals surface area (Å²) in [4.78, 5) is 11.9. The van der Waals surface area contributed by atoms with Gasteiger partial charge in [-0.15, -0.1) is 0 Å². The second-order valence-corrected chi connectivity index (χ2v) is 4.94. The van der Waals surface area contributed by atoms with Crippen molar-refractivity contribution >= 4 is 5.91 Å². The molecule has 21 heavy (non-hydrogen) atoms. The summed E-state index contributed by atoms with van der Waals surface area (Å²) in [6.45, 7) is -0.135. The molecule has 0 saturated carbocycles. The van der Waals surface area contributed by atoms with Crippen molar-refractivity contribution in [2.45, 2.75) is 18.9 Å². The van der Waals surface area contributed by atoms with Crippen LogP contribution in [0.4, 0.5) is 4.39 Å². The van der Waals surface area contributed by atoms with Gasteiger partial charge in [0.2, 0.25) is 5.91 Å². The van der Waals surface area contributed by atoms with E-state index in [2.05, 4.69) is 5.32 Å². The lowest BCUT2D eigenvalue weighted by Gasteiger charge is -2.16. The number of carbonyl (C=O) groups is 1. The van der Waals surface area contributed by atoms with Gasteiger partial charge >= 0.3 is 0 Å². The highest BCUT2D eigenvalue weighted by Gasteiger charge is 2.12. The van der Waals surface area contributed by atoms with Crippen LogP contribution < -0.4 is 5.32 Å². The fraction of sp³-hybridized carbons (Fsp3) is 0.235. The Hall–Kier alpha value is -2.20. The SMILES string of the molecule is O=C(Cc1cccc(F)c1)NC(CO)Cc1ccccc1. The first kappa shape index (κ1) is 15.2. The molecule has 3 nitrogen and oxygen atoms in total. The summed E-state index contributed by atoms with van der Waals surface area (Å²) in [7, 11) is 0. The summed E-state index contributed by atoms with van der Waals surface area (Å²) in [5.74, 6) is -0.584. The van der Waals surface area contributed by atoms with E-state index in [1.165, 1.54) is 12.1 Å². The second-order valence-electron chi connectivity index (χ2n) is 4.94. The van der Waals surface area contributed by atoms with E-state index in [1.54, 1.807) is 12.1 Å². The minimum Gasteiger partial charge on any atom is -0.394 e. The quantitative estimate of drug-likeness (QED) is 0.854. The van der Waals surface area contributed by atoms with Crippen molar-refractivity contribution in [3.63, 3.8) is 0 Å². The number of hydrogen-bond acceptors (Lipinski definition) is 2. The number of carbonyl (C=O) groups excluding carboxylic acids is 1. The van der Waals surface area contributed by atoms with Crippen molar-refractivity contribution < 1.29 is 14.3 Å². The number of benzene rings is 2. The van der Waals surface area contributed by atoms with Crippen LogP contribution in [0.15, 0.2) is 54.6 Å². The number of nitrogens with one attached hydrogen (secondary N) is 1. The van der Waals surface area contributed by atoms with Gasteiger partial charge in [0.1, 0.15) is 5.82 Å². The van der Waals surface area contributed by atoms with Crippen molar-refractivity contribution in [3.8, 4) is 0 Å². The molecular weight excluding hydrogens is 269 g/mol. The molecule has 0 radical (unpaired) electrons. The minimum atomic E-state index is -0.358. The highest BCUT2D eigenvalue weighted by Crippen LogP contribution is 2.06. The molecule has 0 bridgehead atoms. The molecule has 0 aliphatic heterocycles. The Morgan fingerprint density at radius 3 is 2.48 bits per heavy atom. The number of hydrogen-bond donors (Lipinski definition) is 2. The average molecular weight is 287 g/mol. The van der Waals surface area contributed by atoms with E-state index in [0.29, 0.717) is 12.0 Å². The first-order valence-corrected chi connectivity index (χ1v) is 6.86. The smallest absolute Gasteiger partial charge is 0.224 e. The van der Waals surface area contributed by atoms with Crippen molar-refractivity contribution in [1.82, 2.24) is 5.32 Å². The molecule has 2 aromatic rings. The summed E-state index contributed by atoms with van der Waals surface area (Å²) < 4.78 is 13.1. The molecule has 1 atom stereocenters. The summed E-state index contributed by atoms with van der Waals surface area (Å²) in [5.41, 5.74) is 1.66. The number of rotatable bonds is 6. The third kappa shape index (κ3) is 5.00. The van der Waals surface area contributed by atoms with E-state index in [9.17, 15) is 14.3 Å². The summed E-state index contributed by atoms with van der Waals surface area (Å²) >= 11 is 0. The first-order valence-electron chi connectivity index (χ1n) is 6.86. The first-order chi connectivity index (χ1) is 10.2. The Bertz CT molecular complexity index is 586. The summed E-state index contributed by atoms with van der Waals surface area (Å²) in [6, 6.07) is 15.3. The number of amides is 1. The zero-order valence-corrected chi connectivity index (χ0v) is 11.6. The summed E-state index contributed by atoms with van der Waals surface area (Å²) in [5, 5.41) is 12.1. The molecule has 4 heteroatoms. The van der Waals surface area contributed by atoms with Crippen LogP contribution in [-0.4, -0.2) is 23.7 Å². The van der Waals surface area contributed by atoms with Crippen molar-refractivity contribution in [1.29, 1.82) is 0 Å². The standard InChI is InChI=1S/C17H18FNO2/c18-15-8-4-7-14(9-15)11-17(21)19-16(12-20)10-13-5-2-1-3-6-13/h1-9,16,20H,10-12H2,(H,19,21). The maximum atomic E-state index is 13.1. The minimum absolute atomic E-state index is 0.100. The lowest BCUT2D eigenvalue weighted by atomic mass is 10.1. The third-order valence-corrected chi connectivity index (χ3v) is 3.16. The van der Waals surface area contributed by atoms with E-state index in [0.717, 1.165) is 5.56 Å². The van der Waals surface area contributed by atoms with E-state index < -0.39 is 0 Å². The van der Waals surface area contributed by atoms with Crippen molar-refractivity contribution in [3.05, 3.63) is 71.5 Å². The zero-order valence-electron chi connectivity index (χ0n) is 11.6. The lowest BCUT2D eigenvalue weighted by molar-refractivity contribution is -0.121. The molecule has 2 rings (SSSR count). The topological polar surface area (TPSA) is 49.3 Å². The monoisotopic (exact) mass is 287 g/mol. The second kappa shape index (κ2) is 7.55. The van der Waals surface area contributed by atoms with Crippen LogP contribution in [0.3, 0.4) is 0 Å². The van der Waals surface area contributed by atoms with Gasteiger partial charge < -0.3 is 10.4 Å². The zero-order chi connectivity index (χ0) is 15.1. The van der Waals surface area contributed by atoms with Crippen LogP contribution in [0.5, 0.6) is 0 Å². The number of halogens is 1. The fourth-order valence-corrected chi connectivity index (χ4v) is 2.17. The average Bonchev–Trinajstić information content (AvgIpc) is 2.47. The van der Waals surface area contributed by atoms with Crippen LogP contribution >= 0.6 is 0 Å². The molecule has 2 N–H and O–H groups in total. The van der Waals surface area contributed by atoms with E-state index >= 15 is 0 Å². The summed E-state index contributed by atoms with van der Waals surface area (Å²) in [6.07, 6.45) is 0.662. The van der Waals surface area contributed by atoms with Gasteiger partial charge in [-0.25, -0.2) is 4.39 Å². The Kier molecular flexibility index (Phi) is 5.46. The Morgan fingerprint density at radius 1 is 1.10 bits per heavy atom. The van der Waals surface area contributed by atoms with Crippen LogP contribution in [0, 0.1) is 5.82 Å². The van der Waals surface area contributed by atoms with Crippen LogP contribution in [0.1, 0.15) is 11.1 Å². The maximum absolute atomic E-state index is 13.1. The van der Waals surface area contributed by atoms with Crippen molar-refractivity contribution in [2.75, 3.05) is 6.61 Å². The van der Waals surface area contributed by atoms with Crippen LogP contribution in [0.25, 0.3) is 0 Å². The highest BCUT2D eigenvalue weighted by molar-refractivity contribution is 5.78. The lowest BCUT2D eigenvalue weighted by Crippen LogP contribution is -2.39. The number of aliphatic hydroxyl groups excluding tert-OH is 1. The van der Waals surface area contributed by atoms with Crippen molar-refractivity contribution in [2.24, 2.45) is 0 Å². The normalized spacial score (nSPS) is 11.9. The van der Waals surface area contributed by atoms with Crippen LogP contribution in [0.2, 0.25) is 0 Å². The molecular formula is C17H18FNO2. The Morgan fingerprint density at radius 2 is 1.81 bits per heavy atom. The van der Waals surface area contributed by atoms with Gasteiger partial charge in [0.15, 0.2) is 0 Å². The van der Waals surface area contributed by atoms with Gasteiger partial charge in [0.25, 0.3) is 0 Å². The Labute approximate surface area is 123 Å². The van der Waals surface area contributed by atoms with Gasteiger partial charge in [-0.05, 0) is 29.7 Å². The molecule has 0 aliphatic carbocycles. The fourth-order valence-electron chi connectivity index (χ4n) is 2.17. The molecule has 0 saturated heterocycles. The molecule has 110 valence electrons. The van der Waals surface area contributed by atoms with E-state index in [-0.39, 0.29) is 30.8 Å². The van der Waals surface area contributed by atoms with Gasteiger partial charge in [-0.3, -0.25) is 4.79 Å². The van der Waals surface area contributed by atoms with Gasteiger partial charge in [0, 0.05) is 0 Å². The van der Waals surface area contributed by atoms with Gasteiger partial charge in [-0.2, -0.15) is 0 Å². The van der Waals surface area contributed by atoms with Gasteiger partial charge in [-0.1, -0.05) is 42.5 Å². The predicted octanol–water partition coefficient (Wildman–Crippen LogP) is 2.09. The predicted molar refractivity (Wildman–Crippen MR) is 79.3 cm³/mol. The largest absolute Gasteiger partial charge is 0.394 e. The molecule has 0 heterocycles. The molecule has 2 aromatic carbocycles. The Balaban J connectivity index is 1.90. The number of aliphatic hydroxyl groups is 1. The molecule has 0 spiro atoms. The van der Waals surface area contributed by atoms with E-state index in [1.807, 2.05) is 30.3 Å². The maximum Gasteiger partial charge on any atom is 0.224 e. The molecule has 0 fully saturated rings. The van der Waals surface area contributed by atoms with Crippen LogP contribution in [-0.2, 0) is 17.6 Å². The van der Waals surface area contributed by atoms with Gasteiger partial charge in [0.05, 0.1) is 19.1 Å². The molecule has 1 amide bonds. The highest BCUT2D eigenvalue weighted by atomic mass is 19.1. The molecule has 0 aliphatic rings. The third-order valence-electron chi connectivity index (χ3n) is 3.16. The molecule has 0 aromatic heterocycles. The van der Waals surface area contributed by atoms with E-state index in [4.69, 9.17) is 0 Å². The molecule has 1 unspecified atom stereocenters.